The lowest BCUT2D eigenvalue weighted by Crippen LogP contribution is -2.18. The number of nitrogen functional groups attached to an aromatic ring is 1. The summed E-state index contributed by atoms with van der Waals surface area (Å²) in [5.74, 6) is 0.529. The molecule has 0 aromatic carbocycles. The number of hydrogen-bond acceptors (Lipinski definition) is 4. The molecule has 0 saturated carbocycles. The lowest BCUT2D eigenvalue weighted by Gasteiger charge is -2.22. The maximum Gasteiger partial charge on any atom is 0.150 e. The number of hydrogen-bond donors (Lipinski definition) is 1. The maximum absolute atomic E-state index is 5.70. The van der Waals surface area contributed by atoms with Gasteiger partial charge in [-0.15, -0.1) is 0 Å². The molecule has 3 rings (SSSR count). The lowest BCUT2D eigenvalue weighted by atomic mass is 10.1. The molecular weight excluding hydrogens is 228 g/mol. The highest BCUT2D eigenvalue weighted by atomic mass is 16.5. The quantitative estimate of drug-likeness (QED) is 0.879. The highest BCUT2D eigenvalue weighted by molar-refractivity contribution is 5.61. The van der Waals surface area contributed by atoms with Crippen LogP contribution in [0.3, 0.4) is 0 Å². The van der Waals surface area contributed by atoms with Crippen molar-refractivity contribution < 1.29 is 4.74 Å². The van der Waals surface area contributed by atoms with E-state index in [2.05, 4.69) is 10.1 Å². The Morgan fingerprint density at radius 2 is 2.17 bits per heavy atom. The van der Waals surface area contributed by atoms with Crippen molar-refractivity contribution >= 4 is 5.82 Å². The van der Waals surface area contributed by atoms with Crippen molar-refractivity contribution in [3.05, 3.63) is 30.7 Å². The van der Waals surface area contributed by atoms with Crippen LogP contribution in [0.15, 0.2) is 30.7 Å². The number of ether oxygens (including phenoxy) is 1. The maximum atomic E-state index is 5.70. The molecule has 1 fully saturated rings. The van der Waals surface area contributed by atoms with E-state index >= 15 is 0 Å². The van der Waals surface area contributed by atoms with Crippen molar-refractivity contribution in [1.82, 2.24) is 14.8 Å². The molecule has 5 nitrogen and oxygen atoms in total. The van der Waals surface area contributed by atoms with Crippen molar-refractivity contribution in [3.8, 4) is 11.1 Å². The molecule has 1 saturated heterocycles. The fourth-order valence-corrected chi connectivity index (χ4v) is 2.15. The number of anilines is 1. The van der Waals surface area contributed by atoms with Gasteiger partial charge in [0.25, 0.3) is 0 Å². The van der Waals surface area contributed by atoms with E-state index in [1.807, 2.05) is 23.1 Å². The van der Waals surface area contributed by atoms with Crippen molar-refractivity contribution in [2.45, 2.75) is 25.5 Å². The number of nitrogens with zero attached hydrogens (tertiary/aromatic N) is 3. The first kappa shape index (κ1) is 11.2. The minimum absolute atomic E-state index is 0.0780. The molecule has 0 amide bonds. The highest BCUT2D eigenvalue weighted by Gasteiger charge is 2.16. The largest absolute Gasteiger partial charge is 0.384 e. The fourth-order valence-electron chi connectivity index (χ4n) is 2.15. The van der Waals surface area contributed by atoms with Crippen LogP contribution in [0.25, 0.3) is 11.1 Å². The van der Waals surface area contributed by atoms with Gasteiger partial charge in [0.15, 0.2) is 0 Å². The summed E-state index contributed by atoms with van der Waals surface area (Å²) in [6, 6.07) is 3.75. The van der Waals surface area contributed by atoms with Gasteiger partial charge in [-0.3, -0.25) is 0 Å². The molecule has 3 heterocycles. The zero-order valence-electron chi connectivity index (χ0n) is 10.1. The van der Waals surface area contributed by atoms with E-state index < -0.39 is 0 Å². The van der Waals surface area contributed by atoms with Gasteiger partial charge in [0.1, 0.15) is 12.0 Å². The van der Waals surface area contributed by atoms with E-state index in [0.717, 1.165) is 30.6 Å². The van der Waals surface area contributed by atoms with Gasteiger partial charge < -0.3 is 10.5 Å². The second kappa shape index (κ2) is 4.78. The molecule has 1 aliphatic heterocycles. The van der Waals surface area contributed by atoms with Crippen LogP contribution in [0, 0.1) is 0 Å². The zero-order valence-corrected chi connectivity index (χ0v) is 10.1. The molecular formula is C13H16N4O. The zero-order chi connectivity index (χ0) is 12.4. The smallest absolute Gasteiger partial charge is 0.150 e. The molecule has 0 aliphatic carbocycles. The lowest BCUT2D eigenvalue weighted by molar-refractivity contribution is -0.0394. The molecule has 5 heteroatoms. The van der Waals surface area contributed by atoms with Gasteiger partial charge in [-0.2, -0.15) is 5.10 Å². The molecule has 0 bridgehead atoms. The van der Waals surface area contributed by atoms with E-state index in [1.54, 1.807) is 12.3 Å². The summed E-state index contributed by atoms with van der Waals surface area (Å²) in [5, 5.41) is 4.37. The summed E-state index contributed by atoms with van der Waals surface area (Å²) in [7, 11) is 0. The third-order valence-corrected chi connectivity index (χ3v) is 3.17. The Labute approximate surface area is 106 Å². The van der Waals surface area contributed by atoms with Crippen LogP contribution in [-0.4, -0.2) is 21.4 Å². The average Bonchev–Trinajstić information content (AvgIpc) is 2.90. The summed E-state index contributed by atoms with van der Waals surface area (Å²) < 4.78 is 7.59. The number of nitrogens with two attached hydrogens (primary N) is 1. The van der Waals surface area contributed by atoms with E-state index in [1.165, 1.54) is 6.42 Å². The Morgan fingerprint density at radius 3 is 2.89 bits per heavy atom. The van der Waals surface area contributed by atoms with Crippen molar-refractivity contribution in [2.75, 3.05) is 12.3 Å². The predicted molar refractivity (Wildman–Crippen MR) is 68.7 cm³/mol. The van der Waals surface area contributed by atoms with Gasteiger partial charge in [-0.1, -0.05) is 0 Å². The van der Waals surface area contributed by atoms with Crippen molar-refractivity contribution in [2.24, 2.45) is 0 Å². The molecule has 2 N–H and O–H groups in total. The van der Waals surface area contributed by atoms with Crippen LogP contribution in [-0.2, 0) is 4.74 Å². The van der Waals surface area contributed by atoms with E-state index in [-0.39, 0.29) is 6.23 Å². The molecule has 0 radical (unpaired) electrons. The van der Waals surface area contributed by atoms with Crippen LogP contribution in [0.5, 0.6) is 0 Å². The first-order valence-electron chi connectivity index (χ1n) is 6.20. The molecule has 2 aromatic rings. The van der Waals surface area contributed by atoms with Crippen LogP contribution in [0.2, 0.25) is 0 Å². The predicted octanol–water partition coefficient (Wildman–Crippen LogP) is 2.23. The van der Waals surface area contributed by atoms with Crippen LogP contribution in [0.1, 0.15) is 25.5 Å². The number of pyridine rings is 1. The third kappa shape index (κ3) is 2.22. The average molecular weight is 244 g/mol. The Hall–Kier alpha value is -1.88. The second-order valence-corrected chi connectivity index (χ2v) is 4.50. The van der Waals surface area contributed by atoms with Gasteiger partial charge >= 0.3 is 0 Å². The minimum atomic E-state index is 0.0780. The molecule has 1 unspecified atom stereocenters. The van der Waals surface area contributed by atoms with Crippen molar-refractivity contribution in [1.29, 1.82) is 0 Å². The minimum Gasteiger partial charge on any atom is -0.384 e. The Kier molecular flexibility index (Phi) is 2.98. The highest BCUT2D eigenvalue weighted by Crippen LogP contribution is 2.25. The first-order chi connectivity index (χ1) is 8.83. The Bertz CT molecular complexity index is 514. The Morgan fingerprint density at radius 1 is 1.22 bits per heavy atom. The monoisotopic (exact) mass is 244 g/mol. The molecule has 1 aliphatic rings. The van der Waals surface area contributed by atoms with E-state index in [0.29, 0.717) is 5.82 Å². The Balaban J connectivity index is 1.82. The van der Waals surface area contributed by atoms with Gasteiger partial charge in [0.05, 0.1) is 6.20 Å². The third-order valence-electron chi connectivity index (χ3n) is 3.17. The summed E-state index contributed by atoms with van der Waals surface area (Å²) in [4.78, 5) is 4.09. The van der Waals surface area contributed by atoms with E-state index in [9.17, 15) is 0 Å². The first-order valence-corrected chi connectivity index (χ1v) is 6.20. The summed E-state index contributed by atoms with van der Waals surface area (Å²) in [5.41, 5.74) is 7.63. The van der Waals surface area contributed by atoms with E-state index in [4.69, 9.17) is 10.5 Å². The molecule has 18 heavy (non-hydrogen) atoms. The van der Waals surface area contributed by atoms with Crippen LogP contribution >= 0.6 is 0 Å². The molecule has 0 spiro atoms. The SMILES string of the molecule is Nc1ccc(-c2cnn(C3CCCCO3)c2)cn1. The van der Waals surface area contributed by atoms with Crippen LogP contribution in [0.4, 0.5) is 5.82 Å². The summed E-state index contributed by atoms with van der Waals surface area (Å²) in [6.07, 6.45) is 9.05. The summed E-state index contributed by atoms with van der Waals surface area (Å²) >= 11 is 0. The molecule has 1 atom stereocenters. The fraction of sp³-hybridized carbons (Fsp3) is 0.385. The van der Waals surface area contributed by atoms with Crippen LogP contribution < -0.4 is 5.73 Å². The number of aromatic nitrogens is 3. The topological polar surface area (TPSA) is 66.0 Å². The standard InChI is InChI=1S/C13H16N4O/c14-12-5-4-10(7-15-12)11-8-16-17(9-11)13-3-1-2-6-18-13/h4-5,7-9,13H,1-3,6H2,(H2,14,15). The number of rotatable bonds is 2. The second-order valence-electron chi connectivity index (χ2n) is 4.50. The normalized spacial score (nSPS) is 19.9. The van der Waals surface area contributed by atoms with Gasteiger partial charge in [-0.05, 0) is 31.4 Å². The molecule has 2 aromatic heterocycles. The molecule has 94 valence electrons. The van der Waals surface area contributed by atoms with Gasteiger partial charge in [-0.25, -0.2) is 9.67 Å². The summed E-state index contributed by atoms with van der Waals surface area (Å²) in [6.45, 7) is 0.823. The van der Waals surface area contributed by atoms with Gasteiger partial charge in [0, 0.05) is 30.1 Å². The van der Waals surface area contributed by atoms with Crippen molar-refractivity contribution in [3.63, 3.8) is 0 Å². The van der Waals surface area contributed by atoms with Gasteiger partial charge in [0.2, 0.25) is 0 Å².